The molecule has 3 amide bonds. The van der Waals surface area contributed by atoms with Crippen molar-refractivity contribution in [2.75, 3.05) is 13.1 Å². The van der Waals surface area contributed by atoms with Crippen LogP contribution in [0.3, 0.4) is 0 Å². The lowest BCUT2D eigenvalue weighted by Gasteiger charge is -2.21. The molecular formula is C23H23N3O4. The van der Waals surface area contributed by atoms with E-state index in [-0.39, 0.29) is 41.8 Å². The fourth-order valence-electron chi connectivity index (χ4n) is 5.13. The summed E-state index contributed by atoms with van der Waals surface area (Å²) in [7, 11) is 0. The van der Waals surface area contributed by atoms with Crippen LogP contribution in [-0.4, -0.2) is 40.3 Å². The molecule has 0 bridgehead atoms. The first kappa shape index (κ1) is 18.8. The summed E-state index contributed by atoms with van der Waals surface area (Å²) in [6.45, 7) is 2.28. The topological polar surface area (TPSA) is 88.5 Å². The van der Waals surface area contributed by atoms with Crippen LogP contribution in [-0.2, 0) is 22.4 Å². The molecule has 7 nitrogen and oxygen atoms in total. The molecule has 1 unspecified atom stereocenters. The lowest BCUT2D eigenvalue weighted by molar-refractivity contribution is -0.128. The van der Waals surface area contributed by atoms with E-state index in [2.05, 4.69) is 11.4 Å². The van der Waals surface area contributed by atoms with Crippen LogP contribution in [0.4, 0.5) is 0 Å². The van der Waals surface area contributed by atoms with Gasteiger partial charge in [0.15, 0.2) is 0 Å². The van der Waals surface area contributed by atoms with Gasteiger partial charge in [0, 0.05) is 25.7 Å². The summed E-state index contributed by atoms with van der Waals surface area (Å²) in [4.78, 5) is 52.2. The van der Waals surface area contributed by atoms with E-state index in [0.29, 0.717) is 18.5 Å². The quantitative estimate of drug-likeness (QED) is 0.768. The number of nitrogens with zero attached hydrogens (tertiary/aromatic N) is 2. The second-order valence-corrected chi connectivity index (χ2v) is 8.63. The maximum Gasteiger partial charge on any atom is 0.268 e. The Balaban J connectivity index is 1.52. The lowest BCUT2D eigenvalue weighted by Crippen LogP contribution is -2.39. The third kappa shape index (κ3) is 2.72. The highest BCUT2D eigenvalue weighted by atomic mass is 16.2. The zero-order valence-electron chi connectivity index (χ0n) is 16.9. The van der Waals surface area contributed by atoms with Crippen molar-refractivity contribution in [2.24, 2.45) is 5.41 Å². The van der Waals surface area contributed by atoms with Gasteiger partial charge < -0.3 is 4.90 Å². The van der Waals surface area contributed by atoms with E-state index >= 15 is 0 Å². The van der Waals surface area contributed by atoms with Crippen LogP contribution in [0.25, 0.3) is 5.69 Å². The molecule has 3 heterocycles. The normalized spacial score (nSPS) is 22.6. The van der Waals surface area contributed by atoms with E-state index in [0.717, 1.165) is 24.9 Å². The van der Waals surface area contributed by atoms with Crippen LogP contribution in [0.1, 0.15) is 46.3 Å². The number of hydrogen-bond donors (Lipinski definition) is 1. The van der Waals surface area contributed by atoms with Crippen molar-refractivity contribution in [2.45, 2.75) is 39.0 Å². The Labute approximate surface area is 173 Å². The fourth-order valence-corrected chi connectivity index (χ4v) is 5.13. The van der Waals surface area contributed by atoms with Gasteiger partial charge in [-0.2, -0.15) is 0 Å². The van der Waals surface area contributed by atoms with Crippen molar-refractivity contribution in [3.63, 3.8) is 0 Å². The van der Waals surface area contributed by atoms with Gasteiger partial charge in [0.25, 0.3) is 11.5 Å². The molecule has 2 saturated heterocycles. The highest BCUT2D eigenvalue weighted by molar-refractivity contribution is 6.07. The van der Waals surface area contributed by atoms with Crippen LogP contribution in [0.2, 0.25) is 0 Å². The van der Waals surface area contributed by atoms with Crippen LogP contribution < -0.4 is 10.9 Å². The Morgan fingerprint density at radius 2 is 1.97 bits per heavy atom. The lowest BCUT2D eigenvalue weighted by atomic mass is 9.85. The zero-order valence-corrected chi connectivity index (χ0v) is 16.9. The number of nitrogens with one attached hydrogen (secondary N) is 1. The van der Waals surface area contributed by atoms with Gasteiger partial charge in [0.2, 0.25) is 11.8 Å². The number of pyridine rings is 1. The highest BCUT2D eigenvalue weighted by Crippen LogP contribution is 2.38. The Morgan fingerprint density at radius 3 is 2.73 bits per heavy atom. The van der Waals surface area contributed by atoms with E-state index in [1.807, 2.05) is 12.1 Å². The summed E-state index contributed by atoms with van der Waals surface area (Å²) in [5, 5.41) is 2.34. The van der Waals surface area contributed by atoms with Crippen LogP contribution in [0.15, 0.2) is 35.3 Å². The molecule has 2 fully saturated rings. The maximum atomic E-state index is 13.4. The molecule has 0 radical (unpaired) electrons. The molecule has 0 saturated carbocycles. The molecule has 30 heavy (non-hydrogen) atoms. The number of carbonyl (C=O) groups is 3. The number of amides is 3. The highest BCUT2D eigenvalue weighted by Gasteiger charge is 2.52. The van der Waals surface area contributed by atoms with Crippen LogP contribution in [0, 0.1) is 12.3 Å². The molecule has 3 aliphatic rings. The summed E-state index contributed by atoms with van der Waals surface area (Å²) in [5.41, 5.74) is 2.82. The number of benzene rings is 1. The van der Waals surface area contributed by atoms with E-state index < -0.39 is 5.41 Å². The zero-order chi connectivity index (χ0) is 21.0. The SMILES string of the molecule is Cc1ccn(-c2cccc3c2CCC3)c(=O)c1C(=O)N1CCC2(CC(=O)NC2=O)C1. The van der Waals surface area contributed by atoms with Crippen molar-refractivity contribution in [3.8, 4) is 5.69 Å². The van der Waals surface area contributed by atoms with Gasteiger partial charge in [-0.3, -0.25) is 29.1 Å². The van der Waals surface area contributed by atoms with Gasteiger partial charge in [0.05, 0.1) is 11.1 Å². The third-order valence-electron chi connectivity index (χ3n) is 6.77. The number of aryl methyl sites for hydroxylation is 2. The van der Waals surface area contributed by atoms with Crippen molar-refractivity contribution < 1.29 is 14.4 Å². The average molecular weight is 405 g/mol. The minimum absolute atomic E-state index is 0.101. The molecule has 1 N–H and O–H groups in total. The summed E-state index contributed by atoms with van der Waals surface area (Å²) < 4.78 is 1.57. The smallest absolute Gasteiger partial charge is 0.268 e. The minimum Gasteiger partial charge on any atom is -0.337 e. The second kappa shape index (κ2) is 6.65. The van der Waals surface area contributed by atoms with E-state index in [1.165, 1.54) is 11.1 Å². The number of hydrogen-bond acceptors (Lipinski definition) is 4. The first-order valence-electron chi connectivity index (χ1n) is 10.4. The summed E-state index contributed by atoms with van der Waals surface area (Å²) >= 11 is 0. The summed E-state index contributed by atoms with van der Waals surface area (Å²) in [5.74, 6) is -0.987. The minimum atomic E-state index is -0.852. The fraction of sp³-hybridized carbons (Fsp3) is 0.391. The van der Waals surface area contributed by atoms with Gasteiger partial charge in [0.1, 0.15) is 5.56 Å². The predicted octanol–water partition coefficient (Wildman–Crippen LogP) is 1.51. The Morgan fingerprint density at radius 1 is 1.13 bits per heavy atom. The van der Waals surface area contributed by atoms with Gasteiger partial charge >= 0.3 is 0 Å². The first-order valence-corrected chi connectivity index (χ1v) is 10.4. The number of rotatable bonds is 2. The van der Waals surface area contributed by atoms with E-state index in [1.54, 1.807) is 28.7 Å². The predicted molar refractivity (Wildman–Crippen MR) is 110 cm³/mol. The Kier molecular flexibility index (Phi) is 4.17. The largest absolute Gasteiger partial charge is 0.337 e. The molecule has 2 aromatic rings. The van der Waals surface area contributed by atoms with Gasteiger partial charge in [-0.1, -0.05) is 12.1 Å². The van der Waals surface area contributed by atoms with E-state index in [4.69, 9.17) is 0 Å². The first-order chi connectivity index (χ1) is 14.4. The maximum absolute atomic E-state index is 13.4. The summed E-state index contributed by atoms with van der Waals surface area (Å²) in [6.07, 6.45) is 5.26. The molecule has 1 aliphatic carbocycles. The number of aromatic nitrogens is 1. The number of imide groups is 1. The number of carbonyl (C=O) groups excluding carboxylic acids is 3. The Bertz CT molecular complexity index is 1170. The molecule has 7 heteroatoms. The van der Waals surface area contributed by atoms with Gasteiger partial charge in [-0.25, -0.2) is 0 Å². The second-order valence-electron chi connectivity index (χ2n) is 8.63. The van der Waals surface area contributed by atoms with Crippen molar-refractivity contribution >= 4 is 17.7 Å². The molecule has 154 valence electrons. The standard InChI is InChI=1S/C23H23N3O4/c1-14-8-10-26(17-7-3-5-15-4-2-6-16(15)17)21(29)19(14)20(28)25-11-9-23(13-25)12-18(27)24-22(23)30/h3,5,7-8,10H,2,4,6,9,11-13H2,1H3,(H,24,27,30). The van der Waals surface area contributed by atoms with Crippen LogP contribution >= 0.6 is 0 Å². The molecule has 1 aromatic carbocycles. The van der Waals surface area contributed by atoms with Crippen molar-refractivity contribution in [1.82, 2.24) is 14.8 Å². The molecule has 5 rings (SSSR count). The molecule has 2 aliphatic heterocycles. The molecule has 1 aromatic heterocycles. The summed E-state index contributed by atoms with van der Waals surface area (Å²) in [6, 6.07) is 7.76. The Hall–Kier alpha value is -3.22. The molecule has 1 atom stereocenters. The third-order valence-corrected chi connectivity index (χ3v) is 6.77. The van der Waals surface area contributed by atoms with Crippen LogP contribution in [0.5, 0.6) is 0 Å². The van der Waals surface area contributed by atoms with Crippen molar-refractivity contribution in [3.05, 3.63) is 63.1 Å². The molecular weight excluding hydrogens is 382 g/mol. The van der Waals surface area contributed by atoms with Gasteiger partial charge in [-0.05, 0) is 61.4 Å². The number of fused-ring (bicyclic) bond motifs is 1. The van der Waals surface area contributed by atoms with Gasteiger partial charge in [-0.15, -0.1) is 0 Å². The molecule has 1 spiro atoms. The number of likely N-dealkylation sites (tertiary alicyclic amines) is 1. The monoisotopic (exact) mass is 405 g/mol. The van der Waals surface area contributed by atoms with E-state index in [9.17, 15) is 19.2 Å². The average Bonchev–Trinajstić information content (AvgIpc) is 3.41. The van der Waals surface area contributed by atoms with Crippen molar-refractivity contribution in [1.29, 1.82) is 0 Å².